The Morgan fingerprint density at radius 2 is 1.40 bits per heavy atom. The molecule has 3 aromatic rings. The number of rotatable bonds is 5. The summed E-state index contributed by atoms with van der Waals surface area (Å²) in [5, 5.41) is 36.3. The van der Waals surface area contributed by atoms with Crippen LogP contribution < -0.4 is 0 Å². The number of phenols is 2. The molecule has 0 unspecified atom stereocenters. The SMILES string of the molecule is Cc1ccc(N=Nc2c(O)ccc(N=Nc3ccc(S(=O)(=O)O)cc3)c2O)c(C)c1. The summed E-state index contributed by atoms with van der Waals surface area (Å²) in [7, 11) is -4.30. The Balaban J connectivity index is 1.89. The minimum absolute atomic E-state index is 0.0289. The van der Waals surface area contributed by atoms with E-state index in [4.69, 9.17) is 4.55 Å². The highest BCUT2D eigenvalue weighted by Gasteiger charge is 2.13. The summed E-state index contributed by atoms with van der Waals surface area (Å²) in [5.41, 5.74) is 2.71. The number of hydrogen-bond donors (Lipinski definition) is 3. The Hall–Kier alpha value is -3.63. The van der Waals surface area contributed by atoms with Crippen molar-refractivity contribution in [2.45, 2.75) is 18.7 Å². The quantitative estimate of drug-likeness (QED) is 0.349. The molecule has 3 rings (SSSR count). The zero-order valence-electron chi connectivity index (χ0n) is 16.1. The summed E-state index contributed by atoms with van der Waals surface area (Å²) < 4.78 is 31.1. The van der Waals surface area contributed by atoms with Gasteiger partial charge in [-0.1, -0.05) is 17.7 Å². The topological polar surface area (TPSA) is 144 Å². The Morgan fingerprint density at radius 3 is 2.03 bits per heavy atom. The van der Waals surface area contributed by atoms with Crippen LogP contribution in [0.4, 0.5) is 22.7 Å². The standard InChI is InChI=1S/C20H18N4O5S/c1-12-3-8-16(13(2)11-12)22-24-19-18(25)10-9-17(20(19)26)23-21-14-4-6-15(7-5-14)30(27,28)29/h3-11,25-26H,1-2H3,(H,27,28,29). The van der Waals surface area contributed by atoms with Crippen LogP contribution in [0.25, 0.3) is 0 Å². The van der Waals surface area contributed by atoms with Gasteiger partial charge in [0.05, 0.1) is 16.3 Å². The van der Waals surface area contributed by atoms with Crippen molar-refractivity contribution in [1.82, 2.24) is 0 Å². The Bertz CT molecular complexity index is 1250. The van der Waals surface area contributed by atoms with Crippen molar-refractivity contribution >= 4 is 32.9 Å². The van der Waals surface area contributed by atoms with Crippen molar-refractivity contribution in [2.24, 2.45) is 20.5 Å². The number of hydrogen-bond acceptors (Lipinski definition) is 8. The fraction of sp³-hybridized carbons (Fsp3) is 0.100. The largest absolute Gasteiger partial charge is 0.505 e. The van der Waals surface area contributed by atoms with Gasteiger partial charge in [0.2, 0.25) is 0 Å². The zero-order chi connectivity index (χ0) is 21.9. The van der Waals surface area contributed by atoms with E-state index in [0.29, 0.717) is 5.69 Å². The smallest absolute Gasteiger partial charge is 0.294 e. The molecule has 0 amide bonds. The third kappa shape index (κ3) is 4.85. The Morgan fingerprint density at radius 1 is 0.767 bits per heavy atom. The molecule has 30 heavy (non-hydrogen) atoms. The summed E-state index contributed by atoms with van der Waals surface area (Å²) in [6.45, 7) is 3.83. The molecule has 0 saturated heterocycles. The third-order valence-corrected chi connectivity index (χ3v) is 4.99. The number of phenolic OH excluding ortho intramolecular Hbond substituents is 2. The van der Waals surface area contributed by atoms with Gasteiger partial charge in [0.1, 0.15) is 11.4 Å². The van der Waals surface area contributed by atoms with Gasteiger partial charge in [-0.2, -0.15) is 18.6 Å². The zero-order valence-corrected chi connectivity index (χ0v) is 16.9. The molecule has 0 radical (unpaired) electrons. The lowest BCUT2D eigenvalue weighted by molar-refractivity contribution is 0.453. The second kappa shape index (κ2) is 8.39. The van der Waals surface area contributed by atoms with Crippen molar-refractivity contribution in [1.29, 1.82) is 0 Å². The lowest BCUT2D eigenvalue weighted by atomic mass is 10.1. The average molecular weight is 426 g/mol. The molecule has 154 valence electrons. The molecule has 0 aliphatic heterocycles. The number of benzene rings is 3. The number of azo groups is 2. The fourth-order valence-corrected chi connectivity index (χ4v) is 3.04. The minimum atomic E-state index is -4.30. The van der Waals surface area contributed by atoms with Crippen LogP contribution in [0.1, 0.15) is 11.1 Å². The highest BCUT2D eigenvalue weighted by molar-refractivity contribution is 7.85. The van der Waals surface area contributed by atoms with Crippen LogP contribution in [0.2, 0.25) is 0 Å². The molecular formula is C20H18N4O5S. The van der Waals surface area contributed by atoms with Gasteiger partial charge in [-0.05, 0) is 61.9 Å². The molecule has 0 saturated carbocycles. The van der Waals surface area contributed by atoms with E-state index >= 15 is 0 Å². The first kappa shape index (κ1) is 21.1. The first-order chi connectivity index (χ1) is 14.1. The molecule has 3 aromatic carbocycles. The van der Waals surface area contributed by atoms with Crippen molar-refractivity contribution in [3.05, 3.63) is 65.7 Å². The van der Waals surface area contributed by atoms with Crippen LogP contribution in [0.5, 0.6) is 11.5 Å². The van der Waals surface area contributed by atoms with Crippen LogP contribution in [0.15, 0.2) is 79.9 Å². The van der Waals surface area contributed by atoms with Gasteiger partial charge < -0.3 is 10.2 Å². The van der Waals surface area contributed by atoms with Crippen LogP contribution in [-0.4, -0.2) is 23.2 Å². The molecule has 9 nitrogen and oxygen atoms in total. The number of nitrogens with zero attached hydrogens (tertiary/aromatic N) is 4. The molecule has 0 aromatic heterocycles. The van der Waals surface area contributed by atoms with E-state index in [1.165, 1.54) is 36.4 Å². The predicted octanol–water partition coefficient (Wildman–Crippen LogP) is 5.79. The second-order valence-corrected chi connectivity index (χ2v) is 7.88. The van der Waals surface area contributed by atoms with Crippen molar-refractivity contribution in [3.63, 3.8) is 0 Å². The van der Waals surface area contributed by atoms with Crippen LogP contribution >= 0.6 is 0 Å². The van der Waals surface area contributed by atoms with E-state index in [0.717, 1.165) is 11.1 Å². The lowest BCUT2D eigenvalue weighted by Gasteiger charge is -2.05. The van der Waals surface area contributed by atoms with E-state index in [-0.39, 0.29) is 27.7 Å². The summed E-state index contributed by atoms with van der Waals surface area (Å²) in [5.74, 6) is -0.695. The van der Waals surface area contributed by atoms with Gasteiger partial charge in [-0.3, -0.25) is 4.55 Å². The molecule has 0 aliphatic carbocycles. The maximum Gasteiger partial charge on any atom is 0.294 e. The molecule has 3 N–H and O–H groups in total. The van der Waals surface area contributed by atoms with Crippen molar-refractivity contribution in [3.8, 4) is 11.5 Å². The first-order valence-corrected chi connectivity index (χ1v) is 10.1. The lowest BCUT2D eigenvalue weighted by Crippen LogP contribution is -1.96. The van der Waals surface area contributed by atoms with E-state index < -0.39 is 15.9 Å². The summed E-state index contributed by atoms with van der Waals surface area (Å²) in [4.78, 5) is -0.275. The van der Waals surface area contributed by atoms with Gasteiger partial charge in [0.25, 0.3) is 10.1 Å². The third-order valence-electron chi connectivity index (χ3n) is 4.13. The van der Waals surface area contributed by atoms with Gasteiger partial charge in [-0.25, -0.2) is 0 Å². The number of aromatic hydroxyl groups is 2. The molecule has 0 atom stereocenters. The van der Waals surface area contributed by atoms with E-state index in [9.17, 15) is 18.6 Å². The van der Waals surface area contributed by atoms with Crippen LogP contribution in [-0.2, 0) is 10.1 Å². The minimum Gasteiger partial charge on any atom is -0.505 e. The summed E-state index contributed by atoms with van der Waals surface area (Å²) in [6, 6.07) is 13.2. The van der Waals surface area contributed by atoms with Crippen LogP contribution in [0.3, 0.4) is 0 Å². The van der Waals surface area contributed by atoms with E-state index in [1.807, 2.05) is 26.0 Å². The highest BCUT2D eigenvalue weighted by atomic mass is 32.2. The molecule has 0 aliphatic rings. The average Bonchev–Trinajstić information content (AvgIpc) is 2.68. The summed E-state index contributed by atoms with van der Waals surface area (Å²) in [6.07, 6.45) is 0. The molecule has 0 heterocycles. The Kier molecular flexibility index (Phi) is 5.90. The fourth-order valence-electron chi connectivity index (χ4n) is 2.56. The molecular weight excluding hydrogens is 408 g/mol. The second-order valence-electron chi connectivity index (χ2n) is 6.46. The van der Waals surface area contributed by atoms with Crippen molar-refractivity contribution < 1.29 is 23.2 Å². The molecule has 0 spiro atoms. The predicted molar refractivity (Wildman–Crippen MR) is 110 cm³/mol. The normalized spacial score (nSPS) is 12.1. The van der Waals surface area contributed by atoms with Gasteiger partial charge >= 0.3 is 0 Å². The van der Waals surface area contributed by atoms with E-state index in [2.05, 4.69) is 20.5 Å². The molecule has 0 bridgehead atoms. The monoisotopic (exact) mass is 426 g/mol. The van der Waals surface area contributed by atoms with Crippen LogP contribution in [0, 0.1) is 13.8 Å². The number of aryl methyl sites for hydroxylation is 2. The molecule has 10 heteroatoms. The Labute approximate surface area is 172 Å². The van der Waals surface area contributed by atoms with Gasteiger partial charge in [0, 0.05) is 0 Å². The van der Waals surface area contributed by atoms with Crippen molar-refractivity contribution in [2.75, 3.05) is 0 Å². The maximum atomic E-state index is 11.1. The van der Waals surface area contributed by atoms with Gasteiger partial charge in [-0.15, -0.1) is 10.2 Å². The first-order valence-electron chi connectivity index (χ1n) is 8.68. The molecule has 0 fully saturated rings. The highest BCUT2D eigenvalue weighted by Crippen LogP contribution is 2.44. The van der Waals surface area contributed by atoms with Gasteiger partial charge in [0.15, 0.2) is 11.4 Å². The van der Waals surface area contributed by atoms with E-state index in [1.54, 1.807) is 6.07 Å². The maximum absolute atomic E-state index is 11.1. The summed E-state index contributed by atoms with van der Waals surface area (Å²) >= 11 is 0.